The maximum Gasteiger partial charge on any atom is 0.222 e. The Kier molecular flexibility index (Phi) is 10.4. The van der Waals surface area contributed by atoms with Crippen LogP contribution in [-0.4, -0.2) is 55.5 Å². The van der Waals surface area contributed by atoms with Gasteiger partial charge in [0, 0.05) is 45.2 Å². The van der Waals surface area contributed by atoms with Crippen LogP contribution >= 0.6 is 0 Å². The molecule has 1 aliphatic heterocycles. The zero-order valence-corrected chi connectivity index (χ0v) is 17.5. The fourth-order valence-corrected chi connectivity index (χ4v) is 3.48. The normalized spacial score (nSPS) is 17.9. The summed E-state index contributed by atoms with van der Waals surface area (Å²) in [5, 5.41) is 9.47. The molecular formula is C22H37N5O. The Hall–Kier alpha value is -2.08. The number of hydrogen-bond acceptors (Lipinski definition) is 3. The number of hydrogen-bond donors (Lipinski definition) is 3. The molecule has 0 saturated carbocycles. The van der Waals surface area contributed by atoms with Gasteiger partial charge in [-0.2, -0.15) is 0 Å². The Bertz CT molecular complexity index is 590. The van der Waals surface area contributed by atoms with Gasteiger partial charge in [-0.15, -0.1) is 0 Å². The van der Waals surface area contributed by atoms with Crippen molar-refractivity contribution >= 4 is 11.9 Å². The van der Waals surface area contributed by atoms with Crippen LogP contribution < -0.4 is 16.0 Å². The van der Waals surface area contributed by atoms with Crippen molar-refractivity contribution in [3.63, 3.8) is 0 Å². The molecule has 1 unspecified atom stereocenters. The number of aliphatic imine (C=N–C) groups is 1. The lowest BCUT2D eigenvalue weighted by Crippen LogP contribution is -2.40. The van der Waals surface area contributed by atoms with E-state index in [1.807, 2.05) is 30.3 Å². The highest BCUT2D eigenvalue weighted by Crippen LogP contribution is 2.16. The molecule has 1 aromatic carbocycles. The van der Waals surface area contributed by atoms with Crippen LogP contribution in [-0.2, 0) is 11.3 Å². The van der Waals surface area contributed by atoms with Crippen LogP contribution in [0.1, 0.15) is 51.5 Å². The molecule has 1 aliphatic rings. The summed E-state index contributed by atoms with van der Waals surface area (Å²) < 4.78 is 0. The predicted molar refractivity (Wildman–Crippen MR) is 116 cm³/mol. The van der Waals surface area contributed by atoms with Gasteiger partial charge in [-0.3, -0.25) is 9.79 Å². The molecule has 0 aliphatic carbocycles. The van der Waals surface area contributed by atoms with Crippen molar-refractivity contribution in [1.29, 1.82) is 0 Å². The number of rotatable bonds is 10. The van der Waals surface area contributed by atoms with Crippen molar-refractivity contribution in [3.05, 3.63) is 35.9 Å². The third-order valence-corrected chi connectivity index (χ3v) is 5.14. The van der Waals surface area contributed by atoms with Gasteiger partial charge in [-0.05, 0) is 45.2 Å². The first-order valence-corrected chi connectivity index (χ1v) is 10.8. The lowest BCUT2D eigenvalue weighted by molar-refractivity contribution is -0.121. The molecule has 1 amide bonds. The lowest BCUT2D eigenvalue weighted by Gasteiger charge is -2.33. The van der Waals surface area contributed by atoms with E-state index >= 15 is 0 Å². The van der Waals surface area contributed by atoms with E-state index in [-0.39, 0.29) is 5.91 Å². The Morgan fingerprint density at radius 3 is 2.75 bits per heavy atom. The van der Waals surface area contributed by atoms with Crippen LogP contribution in [0, 0.1) is 0 Å². The molecule has 6 heteroatoms. The average molecular weight is 388 g/mol. The monoisotopic (exact) mass is 387 g/mol. The quantitative estimate of drug-likeness (QED) is 0.328. The maximum atomic E-state index is 12.0. The first kappa shape index (κ1) is 22.2. The number of likely N-dealkylation sites (tertiary alicyclic amines) is 1. The predicted octanol–water partition coefficient (Wildman–Crippen LogP) is 2.51. The number of benzene rings is 1. The van der Waals surface area contributed by atoms with E-state index in [0.29, 0.717) is 25.6 Å². The molecule has 1 saturated heterocycles. The summed E-state index contributed by atoms with van der Waals surface area (Å²) in [6.45, 7) is 9.50. The van der Waals surface area contributed by atoms with Crippen LogP contribution in [0.5, 0.6) is 0 Å². The first-order chi connectivity index (χ1) is 13.7. The summed E-state index contributed by atoms with van der Waals surface area (Å²) in [5.74, 6) is 0.844. The van der Waals surface area contributed by atoms with Crippen LogP contribution in [0.15, 0.2) is 35.3 Å². The molecule has 2 rings (SSSR count). The second-order valence-corrected chi connectivity index (χ2v) is 7.43. The third kappa shape index (κ3) is 8.74. The summed E-state index contributed by atoms with van der Waals surface area (Å²) in [6, 6.07) is 10.7. The second kappa shape index (κ2) is 13.2. The van der Waals surface area contributed by atoms with E-state index in [4.69, 9.17) is 0 Å². The topological polar surface area (TPSA) is 68.8 Å². The summed E-state index contributed by atoms with van der Waals surface area (Å²) in [4.78, 5) is 19.2. The summed E-state index contributed by atoms with van der Waals surface area (Å²) in [7, 11) is 0. The molecule has 1 atom stereocenters. The van der Waals surface area contributed by atoms with Crippen molar-refractivity contribution < 1.29 is 4.79 Å². The van der Waals surface area contributed by atoms with Gasteiger partial charge >= 0.3 is 0 Å². The van der Waals surface area contributed by atoms with Crippen molar-refractivity contribution in [2.45, 2.75) is 58.5 Å². The minimum absolute atomic E-state index is 0.0475. The zero-order chi connectivity index (χ0) is 20.0. The number of nitrogens with zero attached hydrogens (tertiary/aromatic N) is 2. The summed E-state index contributed by atoms with van der Waals surface area (Å²) >= 11 is 0. The van der Waals surface area contributed by atoms with Crippen LogP contribution in [0.3, 0.4) is 0 Å². The van der Waals surface area contributed by atoms with E-state index in [1.54, 1.807) is 0 Å². The highest BCUT2D eigenvalue weighted by Gasteiger charge is 2.16. The van der Waals surface area contributed by atoms with Gasteiger partial charge in [0.15, 0.2) is 5.96 Å². The third-order valence-electron chi connectivity index (χ3n) is 5.14. The fourth-order valence-electron chi connectivity index (χ4n) is 3.48. The largest absolute Gasteiger partial charge is 0.357 e. The molecule has 1 aromatic rings. The Labute approximate surface area is 170 Å². The average Bonchev–Trinajstić information content (AvgIpc) is 2.71. The Balaban J connectivity index is 1.62. The lowest BCUT2D eigenvalue weighted by atomic mass is 10.0. The van der Waals surface area contributed by atoms with E-state index < -0.39 is 0 Å². The smallest absolute Gasteiger partial charge is 0.222 e. The number of piperidine rings is 1. The zero-order valence-electron chi connectivity index (χ0n) is 17.5. The number of guanidine groups is 1. The minimum Gasteiger partial charge on any atom is -0.357 e. The molecule has 0 spiro atoms. The van der Waals surface area contributed by atoms with Crippen LogP contribution in [0.4, 0.5) is 0 Å². The minimum atomic E-state index is 0.0475. The van der Waals surface area contributed by atoms with Crippen molar-refractivity contribution in [2.75, 3.05) is 32.7 Å². The van der Waals surface area contributed by atoms with Gasteiger partial charge in [0.1, 0.15) is 0 Å². The standard InChI is InChI=1S/C22H37N5O/c1-3-23-22(24-14-9-17-27-16-8-7-10-19(27)2)25-15-13-21(28)26-18-20-11-5-4-6-12-20/h4-6,11-12,19H,3,7-10,13-18H2,1-2H3,(H,26,28)(H2,23,24,25). The molecule has 0 radical (unpaired) electrons. The highest BCUT2D eigenvalue weighted by atomic mass is 16.1. The number of carbonyl (C=O) groups is 1. The fraction of sp³-hybridized carbons (Fsp3) is 0.636. The van der Waals surface area contributed by atoms with Crippen molar-refractivity contribution in [3.8, 4) is 0 Å². The number of amides is 1. The molecule has 1 fully saturated rings. The maximum absolute atomic E-state index is 12.0. The first-order valence-electron chi connectivity index (χ1n) is 10.8. The van der Waals surface area contributed by atoms with Gasteiger partial charge in [-0.25, -0.2) is 0 Å². The van der Waals surface area contributed by atoms with Gasteiger partial charge in [-0.1, -0.05) is 36.8 Å². The molecule has 1 heterocycles. The molecule has 3 N–H and O–H groups in total. The van der Waals surface area contributed by atoms with Gasteiger partial charge in [0.25, 0.3) is 0 Å². The van der Waals surface area contributed by atoms with Gasteiger partial charge < -0.3 is 20.9 Å². The van der Waals surface area contributed by atoms with E-state index in [2.05, 4.69) is 39.7 Å². The molecular weight excluding hydrogens is 350 g/mol. The number of carbonyl (C=O) groups excluding carboxylic acids is 1. The van der Waals surface area contributed by atoms with Crippen molar-refractivity contribution in [2.24, 2.45) is 4.99 Å². The SMILES string of the molecule is CCNC(=NCCCN1CCCCC1C)NCCC(=O)NCc1ccccc1. The van der Waals surface area contributed by atoms with Crippen LogP contribution in [0.2, 0.25) is 0 Å². The molecule has 6 nitrogen and oxygen atoms in total. The van der Waals surface area contributed by atoms with E-state index in [1.165, 1.54) is 25.8 Å². The second-order valence-electron chi connectivity index (χ2n) is 7.43. The summed E-state index contributed by atoms with van der Waals surface area (Å²) in [5.41, 5.74) is 1.11. The molecule has 0 bridgehead atoms. The van der Waals surface area contributed by atoms with E-state index in [9.17, 15) is 4.79 Å². The summed E-state index contributed by atoms with van der Waals surface area (Å²) in [6.07, 6.45) is 5.51. The molecule has 28 heavy (non-hydrogen) atoms. The Morgan fingerprint density at radius 2 is 2.00 bits per heavy atom. The number of nitrogens with one attached hydrogen (secondary N) is 3. The van der Waals surface area contributed by atoms with E-state index in [0.717, 1.165) is 37.6 Å². The van der Waals surface area contributed by atoms with Gasteiger partial charge in [0.05, 0.1) is 0 Å². The van der Waals surface area contributed by atoms with Gasteiger partial charge in [0.2, 0.25) is 5.91 Å². The molecule has 156 valence electrons. The highest BCUT2D eigenvalue weighted by molar-refractivity contribution is 5.81. The van der Waals surface area contributed by atoms with Crippen LogP contribution in [0.25, 0.3) is 0 Å². The van der Waals surface area contributed by atoms with Crippen molar-refractivity contribution in [1.82, 2.24) is 20.9 Å². The Morgan fingerprint density at radius 1 is 1.18 bits per heavy atom. The molecule has 0 aromatic heterocycles.